The quantitative estimate of drug-likeness (QED) is 0.648. The summed E-state index contributed by atoms with van der Waals surface area (Å²) >= 11 is 4.92. The predicted octanol–water partition coefficient (Wildman–Crippen LogP) is 4.21. The summed E-state index contributed by atoms with van der Waals surface area (Å²) in [5, 5.41) is 2.63. The van der Waals surface area contributed by atoms with E-state index in [4.69, 9.17) is 16.3 Å². The molecule has 2 aliphatic rings. The lowest BCUT2D eigenvalue weighted by Gasteiger charge is -2.38. The molecular weight excluding hydrogens is 460 g/mol. The summed E-state index contributed by atoms with van der Waals surface area (Å²) in [6.07, 6.45) is 4.18. The molecule has 2 amide bonds. The summed E-state index contributed by atoms with van der Waals surface area (Å²) in [5.74, 6) is -1.44. The fourth-order valence-corrected chi connectivity index (χ4v) is 4.23. The van der Waals surface area contributed by atoms with Crippen molar-refractivity contribution < 1.29 is 27.6 Å². The number of hydrogen-bond acceptors (Lipinski definition) is 7. The number of amides is 2. The minimum atomic E-state index is -3.79. The van der Waals surface area contributed by atoms with Gasteiger partial charge in [-0.1, -0.05) is 18.0 Å². The first-order valence-corrected chi connectivity index (χ1v) is 11.0. The minimum Gasteiger partial charge on any atom is -0.444 e. The first-order chi connectivity index (χ1) is 15.4. The van der Waals surface area contributed by atoms with Gasteiger partial charge in [-0.05, 0) is 51.3 Å². The van der Waals surface area contributed by atoms with Gasteiger partial charge in [0.05, 0.1) is 29.9 Å². The lowest BCUT2D eigenvalue weighted by atomic mass is 9.89. The molecule has 3 heterocycles. The van der Waals surface area contributed by atoms with Crippen molar-refractivity contribution in [1.29, 1.82) is 0 Å². The van der Waals surface area contributed by atoms with Crippen LogP contribution in [0.2, 0.25) is 0 Å². The van der Waals surface area contributed by atoms with E-state index in [1.165, 1.54) is 12.3 Å². The zero-order chi connectivity index (χ0) is 24.0. The first kappa shape index (κ1) is 23.3. The van der Waals surface area contributed by atoms with Gasteiger partial charge in [0.1, 0.15) is 5.60 Å². The van der Waals surface area contributed by atoms with Crippen molar-refractivity contribution >= 4 is 23.6 Å². The maximum atomic E-state index is 13.2. The predicted molar refractivity (Wildman–Crippen MR) is 113 cm³/mol. The number of aromatic nitrogens is 3. The number of nitrogens with zero attached hydrogens (tertiary/aromatic N) is 4. The average Bonchev–Trinajstić information content (AvgIpc) is 3.32. The van der Waals surface area contributed by atoms with Gasteiger partial charge in [-0.3, -0.25) is 9.78 Å². The van der Waals surface area contributed by atoms with E-state index in [-0.39, 0.29) is 35.9 Å². The van der Waals surface area contributed by atoms with Gasteiger partial charge in [-0.15, -0.1) is 0 Å². The summed E-state index contributed by atoms with van der Waals surface area (Å²) in [5.41, 5.74) is 0.512. The van der Waals surface area contributed by atoms with Gasteiger partial charge >= 0.3 is 17.4 Å². The Morgan fingerprint density at radius 1 is 1.30 bits per heavy atom. The number of hydrogen-bond donors (Lipinski definition) is 1. The second-order valence-electron chi connectivity index (χ2n) is 9.18. The minimum absolute atomic E-state index is 0.144. The van der Waals surface area contributed by atoms with E-state index in [2.05, 4.69) is 25.0 Å². The Bertz CT molecular complexity index is 1070. The number of halogens is 3. The highest BCUT2D eigenvalue weighted by Gasteiger charge is 2.40. The summed E-state index contributed by atoms with van der Waals surface area (Å²) in [6, 6.07) is 1.03. The highest BCUT2D eigenvalue weighted by atomic mass is 35.5. The largest absolute Gasteiger partial charge is 0.444 e. The van der Waals surface area contributed by atoms with E-state index < -0.39 is 23.0 Å². The van der Waals surface area contributed by atoms with Gasteiger partial charge in [0.2, 0.25) is 5.82 Å². The zero-order valence-corrected chi connectivity index (χ0v) is 19.2. The van der Waals surface area contributed by atoms with Crippen LogP contribution in [0.4, 0.5) is 13.6 Å². The number of nitrogens with one attached hydrogen (secondary N) is 1. The van der Waals surface area contributed by atoms with Crippen LogP contribution in [0.1, 0.15) is 68.4 Å². The third-order valence-electron chi connectivity index (χ3n) is 5.54. The van der Waals surface area contributed by atoms with Gasteiger partial charge in [0, 0.05) is 11.8 Å². The van der Waals surface area contributed by atoms with Crippen LogP contribution in [-0.2, 0) is 16.7 Å². The SMILES string of the molecule is CC(C)(C)OC(=O)NC1CCCCC1N1Cc2ncc(-c3noc(C(F)(F)Cl)n3)cc2C1=O. The molecule has 0 saturated heterocycles. The molecule has 0 spiro atoms. The molecule has 2 atom stereocenters. The Morgan fingerprint density at radius 3 is 2.70 bits per heavy atom. The smallest absolute Gasteiger partial charge is 0.407 e. The van der Waals surface area contributed by atoms with Crippen LogP contribution in [0.5, 0.6) is 0 Å². The van der Waals surface area contributed by atoms with Crippen molar-refractivity contribution in [3.63, 3.8) is 0 Å². The third kappa shape index (κ3) is 5.07. The Hall–Kier alpha value is -2.82. The van der Waals surface area contributed by atoms with Crippen molar-refractivity contribution in [3.05, 3.63) is 29.4 Å². The highest BCUT2D eigenvalue weighted by Crippen LogP contribution is 2.34. The Kier molecular flexibility index (Phi) is 6.02. The van der Waals surface area contributed by atoms with Crippen LogP contribution in [0.3, 0.4) is 0 Å². The maximum Gasteiger partial charge on any atom is 0.407 e. The molecule has 33 heavy (non-hydrogen) atoms. The van der Waals surface area contributed by atoms with E-state index in [1.54, 1.807) is 25.7 Å². The fraction of sp³-hybridized carbons (Fsp3) is 0.571. The Morgan fingerprint density at radius 2 is 2.03 bits per heavy atom. The molecule has 1 aliphatic carbocycles. The van der Waals surface area contributed by atoms with Crippen molar-refractivity contribution in [3.8, 4) is 11.4 Å². The number of pyridine rings is 1. The molecule has 1 N–H and O–H groups in total. The lowest BCUT2D eigenvalue weighted by molar-refractivity contribution is 0.0393. The number of fused-ring (bicyclic) bond motifs is 1. The molecule has 178 valence electrons. The van der Waals surface area contributed by atoms with Crippen LogP contribution < -0.4 is 5.32 Å². The molecular formula is C21H24ClF2N5O4. The third-order valence-corrected chi connectivity index (χ3v) is 5.70. The molecule has 1 aliphatic heterocycles. The fourth-order valence-electron chi connectivity index (χ4n) is 4.15. The van der Waals surface area contributed by atoms with E-state index >= 15 is 0 Å². The molecule has 0 radical (unpaired) electrons. The number of alkyl carbamates (subject to hydrolysis) is 1. The van der Waals surface area contributed by atoms with Crippen molar-refractivity contribution in [1.82, 2.24) is 25.3 Å². The van der Waals surface area contributed by atoms with Gasteiger partial charge < -0.3 is 19.5 Å². The number of rotatable bonds is 4. The highest BCUT2D eigenvalue weighted by molar-refractivity contribution is 6.21. The second kappa shape index (κ2) is 8.51. The normalized spacial score (nSPS) is 21.2. The molecule has 2 aromatic rings. The van der Waals surface area contributed by atoms with E-state index in [1.807, 2.05) is 0 Å². The Balaban J connectivity index is 1.53. The topological polar surface area (TPSA) is 110 Å². The number of alkyl halides is 3. The van der Waals surface area contributed by atoms with Gasteiger partial charge in [0.25, 0.3) is 5.91 Å². The summed E-state index contributed by atoms with van der Waals surface area (Å²) in [7, 11) is 0. The molecule has 1 fully saturated rings. The summed E-state index contributed by atoms with van der Waals surface area (Å²) in [4.78, 5) is 35.2. The molecule has 2 unspecified atom stereocenters. The van der Waals surface area contributed by atoms with E-state index in [0.717, 1.165) is 25.7 Å². The first-order valence-electron chi connectivity index (χ1n) is 10.6. The zero-order valence-electron chi connectivity index (χ0n) is 18.4. The lowest BCUT2D eigenvalue weighted by Crippen LogP contribution is -2.54. The number of carbonyl (C=O) groups is 2. The molecule has 0 bridgehead atoms. The van der Waals surface area contributed by atoms with E-state index in [0.29, 0.717) is 11.3 Å². The summed E-state index contributed by atoms with van der Waals surface area (Å²) < 4.78 is 36.3. The van der Waals surface area contributed by atoms with Crippen LogP contribution in [0, 0.1) is 0 Å². The van der Waals surface area contributed by atoms with Crippen molar-refractivity contribution in [2.75, 3.05) is 0 Å². The standard InChI is InChI=1S/C21H24ClF2N5O4/c1-20(2,3)32-19(31)26-13-6-4-5-7-15(13)29-10-14-12(17(29)30)8-11(9-25-14)16-27-18(33-28-16)21(22,23)24/h8-9,13,15H,4-7,10H2,1-3H3,(H,26,31). The maximum absolute atomic E-state index is 13.2. The average molecular weight is 484 g/mol. The van der Waals surface area contributed by atoms with E-state index in [9.17, 15) is 18.4 Å². The van der Waals surface area contributed by atoms with Crippen LogP contribution >= 0.6 is 11.6 Å². The van der Waals surface area contributed by atoms with Crippen LogP contribution in [0.25, 0.3) is 11.4 Å². The summed E-state index contributed by atoms with van der Waals surface area (Å²) in [6.45, 7) is 5.64. The van der Waals surface area contributed by atoms with Gasteiger partial charge in [-0.2, -0.15) is 13.8 Å². The number of carbonyl (C=O) groups excluding carboxylic acids is 2. The molecule has 9 nitrogen and oxygen atoms in total. The Labute approximate surface area is 193 Å². The second-order valence-corrected chi connectivity index (χ2v) is 9.65. The van der Waals surface area contributed by atoms with Crippen molar-refractivity contribution in [2.24, 2.45) is 0 Å². The van der Waals surface area contributed by atoms with Gasteiger partial charge in [-0.25, -0.2) is 4.79 Å². The van der Waals surface area contributed by atoms with Crippen molar-refractivity contribution in [2.45, 2.75) is 76.1 Å². The van der Waals surface area contributed by atoms with Crippen LogP contribution in [0.15, 0.2) is 16.8 Å². The van der Waals surface area contributed by atoms with Gasteiger partial charge in [0.15, 0.2) is 0 Å². The molecule has 0 aromatic carbocycles. The monoisotopic (exact) mass is 483 g/mol. The molecule has 2 aromatic heterocycles. The van der Waals surface area contributed by atoms with Crippen LogP contribution in [-0.4, -0.2) is 49.7 Å². The molecule has 12 heteroatoms. The molecule has 4 rings (SSSR count). The number of ether oxygens (including phenoxy) is 1. The molecule has 1 saturated carbocycles.